The molecule has 2 heterocycles. The van der Waals surface area contributed by atoms with Crippen LogP contribution < -0.4 is 0 Å². The van der Waals surface area contributed by atoms with E-state index in [1.165, 1.54) is 11.8 Å². The van der Waals surface area contributed by atoms with Crippen molar-refractivity contribution in [2.75, 3.05) is 45.8 Å². The number of piperazine rings is 1. The van der Waals surface area contributed by atoms with Gasteiger partial charge >= 0.3 is 0 Å². The number of rotatable bonds is 7. The number of likely N-dealkylation sites (N-methyl/N-ethyl adjacent to an activating group) is 1. The van der Waals surface area contributed by atoms with Crippen LogP contribution in [0.1, 0.15) is 24.2 Å². The van der Waals surface area contributed by atoms with E-state index < -0.39 is 0 Å². The Balaban J connectivity index is 1.61. The van der Waals surface area contributed by atoms with Crippen LogP contribution in [0.25, 0.3) is 0 Å². The number of carbonyl (C=O) groups is 2. The molecule has 1 saturated heterocycles. The Bertz CT molecular complexity index is 866. The third-order valence-electron chi connectivity index (χ3n) is 5.17. The van der Waals surface area contributed by atoms with Crippen LogP contribution in [0, 0.1) is 0 Å². The van der Waals surface area contributed by atoms with Crippen LogP contribution in [0.2, 0.25) is 0 Å². The molecule has 0 spiro atoms. The molecule has 6 nitrogen and oxygen atoms in total. The molecule has 0 radical (unpaired) electrons. The lowest BCUT2D eigenvalue weighted by molar-refractivity contribution is -0.132. The van der Waals surface area contributed by atoms with Gasteiger partial charge < -0.3 is 9.80 Å². The topological polar surface area (TPSA) is 56.8 Å². The van der Waals surface area contributed by atoms with Crippen LogP contribution in [0.3, 0.4) is 0 Å². The van der Waals surface area contributed by atoms with E-state index in [9.17, 15) is 9.59 Å². The van der Waals surface area contributed by atoms with Gasteiger partial charge in [0.1, 0.15) is 5.03 Å². The van der Waals surface area contributed by atoms with Crippen LogP contribution in [0.15, 0.2) is 57.0 Å². The van der Waals surface area contributed by atoms with Gasteiger partial charge in [0, 0.05) is 54.8 Å². The first kappa shape index (κ1) is 22.8. The first-order valence-electron chi connectivity index (χ1n) is 10.2. The number of pyridine rings is 1. The normalized spacial score (nSPS) is 14.6. The fourth-order valence-electron chi connectivity index (χ4n) is 3.41. The molecule has 0 unspecified atom stereocenters. The zero-order chi connectivity index (χ0) is 21.5. The zero-order valence-corrected chi connectivity index (χ0v) is 19.8. The minimum atomic E-state index is 0.0323. The molecule has 1 aromatic heterocycles. The summed E-state index contributed by atoms with van der Waals surface area (Å²) in [7, 11) is 0. The van der Waals surface area contributed by atoms with Crippen LogP contribution in [0.5, 0.6) is 0 Å². The number of hydrogen-bond donors (Lipinski definition) is 0. The smallest absolute Gasteiger partial charge is 0.255 e. The van der Waals surface area contributed by atoms with Gasteiger partial charge in [-0.3, -0.25) is 14.5 Å². The molecule has 1 fully saturated rings. The van der Waals surface area contributed by atoms with Gasteiger partial charge in [0.2, 0.25) is 5.91 Å². The lowest BCUT2D eigenvalue weighted by Gasteiger charge is -2.35. The lowest BCUT2D eigenvalue weighted by Crippen LogP contribution is -2.51. The summed E-state index contributed by atoms with van der Waals surface area (Å²) < 4.78 is 0.925. The van der Waals surface area contributed by atoms with Gasteiger partial charge in [0.25, 0.3) is 5.91 Å². The Labute approximate surface area is 190 Å². The van der Waals surface area contributed by atoms with Gasteiger partial charge in [-0.15, -0.1) is 0 Å². The van der Waals surface area contributed by atoms with E-state index in [2.05, 4.69) is 25.8 Å². The molecule has 1 aliphatic rings. The van der Waals surface area contributed by atoms with Crippen molar-refractivity contribution in [2.45, 2.75) is 23.8 Å². The maximum Gasteiger partial charge on any atom is 0.255 e. The summed E-state index contributed by atoms with van der Waals surface area (Å²) in [4.78, 5) is 36.7. The van der Waals surface area contributed by atoms with Crippen molar-refractivity contribution in [1.82, 2.24) is 19.7 Å². The van der Waals surface area contributed by atoms with Crippen molar-refractivity contribution >= 4 is 39.5 Å². The molecule has 1 aromatic carbocycles. The van der Waals surface area contributed by atoms with Crippen LogP contribution in [-0.4, -0.2) is 77.3 Å². The van der Waals surface area contributed by atoms with Crippen LogP contribution in [-0.2, 0) is 4.79 Å². The van der Waals surface area contributed by atoms with Gasteiger partial charge in [-0.2, -0.15) is 0 Å². The Morgan fingerprint density at radius 3 is 2.40 bits per heavy atom. The van der Waals surface area contributed by atoms with E-state index in [0.717, 1.165) is 27.5 Å². The van der Waals surface area contributed by atoms with E-state index >= 15 is 0 Å². The van der Waals surface area contributed by atoms with Gasteiger partial charge in [-0.05, 0) is 54.0 Å². The molecular weight excluding hydrogens is 464 g/mol. The fraction of sp³-hybridized carbons (Fsp3) is 0.409. The second-order valence-electron chi connectivity index (χ2n) is 7.05. The first-order chi connectivity index (χ1) is 14.5. The number of carbonyl (C=O) groups excluding carboxylic acids is 2. The summed E-state index contributed by atoms with van der Waals surface area (Å²) >= 11 is 4.89. The van der Waals surface area contributed by atoms with Gasteiger partial charge in [0.15, 0.2) is 0 Å². The lowest BCUT2D eigenvalue weighted by atomic mass is 10.2. The van der Waals surface area contributed by atoms with E-state index in [4.69, 9.17) is 0 Å². The van der Waals surface area contributed by atoms with Gasteiger partial charge in [0.05, 0.1) is 12.1 Å². The molecule has 0 atom stereocenters. The molecule has 3 rings (SSSR count). The standard InChI is InChI=1S/C22H27BrN4O2S/c1-3-26(4-2)21(28)16-25-11-13-27(14-12-25)22(29)18-7-5-6-8-19(18)30-20-10-9-17(23)15-24-20/h5-10,15H,3-4,11-14,16H2,1-2H3. The second kappa shape index (κ2) is 10.9. The van der Waals surface area contributed by atoms with Crippen molar-refractivity contribution in [3.8, 4) is 0 Å². The van der Waals surface area contributed by atoms with Crippen molar-refractivity contribution < 1.29 is 9.59 Å². The molecule has 0 saturated carbocycles. The van der Waals surface area contributed by atoms with E-state index in [0.29, 0.717) is 38.3 Å². The number of halogens is 1. The van der Waals surface area contributed by atoms with Gasteiger partial charge in [-0.25, -0.2) is 4.98 Å². The Morgan fingerprint density at radius 1 is 1.07 bits per heavy atom. The quantitative estimate of drug-likeness (QED) is 0.593. The number of nitrogens with zero attached hydrogens (tertiary/aromatic N) is 4. The largest absolute Gasteiger partial charge is 0.342 e. The highest BCUT2D eigenvalue weighted by molar-refractivity contribution is 9.10. The summed E-state index contributed by atoms with van der Waals surface area (Å²) in [5.41, 5.74) is 0.694. The van der Waals surface area contributed by atoms with E-state index in [1.807, 2.05) is 60.0 Å². The molecular formula is C22H27BrN4O2S. The number of aromatic nitrogens is 1. The second-order valence-corrected chi connectivity index (χ2v) is 9.03. The van der Waals surface area contributed by atoms with Crippen LogP contribution >= 0.6 is 27.7 Å². The number of hydrogen-bond acceptors (Lipinski definition) is 5. The average Bonchev–Trinajstić information content (AvgIpc) is 2.77. The maximum absolute atomic E-state index is 13.2. The van der Waals surface area contributed by atoms with Crippen molar-refractivity contribution in [3.05, 3.63) is 52.6 Å². The third kappa shape index (κ3) is 5.83. The Morgan fingerprint density at radius 2 is 1.77 bits per heavy atom. The highest BCUT2D eigenvalue weighted by Gasteiger charge is 2.25. The Kier molecular flexibility index (Phi) is 8.30. The predicted octanol–water partition coefficient (Wildman–Crippen LogP) is 3.62. The third-order valence-corrected chi connectivity index (χ3v) is 6.66. The van der Waals surface area contributed by atoms with Crippen LogP contribution in [0.4, 0.5) is 0 Å². The van der Waals surface area contributed by atoms with E-state index in [1.54, 1.807) is 6.20 Å². The SMILES string of the molecule is CCN(CC)C(=O)CN1CCN(C(=O)c2ccccc2Sc2ccc(Br)cn2)CC1. The summed E-state index contributed by atoms with van der Waals surface area (Å²) in [5, 5.41) is 0.846. The highest BCUT2D eigenvalue weighted by Crippen LogP contribution is 2.30. The molecule has 2 amide bonds. The monoisotopic (exact) mass is 490 g/mol. The minimum absolute atomic E-state index is 0.0323. The Hall–Kier alpha value is -1.90. The first-order valence-corrected chi connectivity index (χ1v) is 11.8. The van der Waals surface area contributed by atoms with Gasteiger partial charge in [-0.1, -0.05) is 23.9 Å². The van der Waals surface area contributed by atoms with Crippen molar-refractivity contribution in [2.24, 2.45) is 0 Å². The van der Waals surface area contributed by atoms with E-state index in [-0.39, 0.29) is 11.8 Å². The average molecular weight is 491 g/mol. The molecule has 0 bridgehead atoms. The summed E-state index contributed by atoms with van der Waals surface area (Å²) in [6.07, 6.45) is 1.76. The van der Waals surface area contributed by atoms with Crippen molar-refractivity contribution in [3.63, 3.8) is 0 Å². The predicted molar refractivity (Wildman–Crippen MR) is 123 cm³/mol. The fourth-order valence-corrected chi connectivity index (χ4v) is 4.53. The summed E-state index contributed by atoms with van der Waals surface area (Å²) in [6.45, 7) is 8.55. The minimum Gasteiger partial charge on any atom is -0.342 e. The summed E-state index contributed by atoms with van der Waals surface area (Å²) in [5.74, 6) is 0.188. The van der Waals surface area contributed by atoms with Crippen molar-refractivity contribution in [1.29, 1.82) is 0 Å². The summed E-state index contributed by atoms with van der Waals surface area (Å²) in [6, 6.07) is 11.5. The number of amides is 2. The molecule has 30 heavy (non-hydrogen) atoms. The molecule has 160 valence electrons. The molecule has 1 aliphatic heterocycles. The molecule has 8 heteroatoms. The number of benzene rings is 1. The molecule has 0 aliphatic carbocycles. The zero-order valence-electron chi connectivity index (χ0n) is 17.4. The maximum atomic E-state index is 13.2. The highest BCUT2D eigenvalue weighted by atomic mass is 79.9. The molecule has 2 aromatic rings. The molecule has 0 N–H and O–H groups in total.